The maximum Gasteiger partial charge on any atom is 0.283 e. The van der Waals surface area contributed by atoms with Gasteiger partial charge in [0.25, 0.3) is 5.56 Å². The van der Waals surface area contributed by atoms with E-state index in [2.05, 4.69) is 33.3 Å². The first-order chi connectivity index (χ1) is 8.20. The number of rotatable bonds is 7. The molecule has 0 amide bonds. The lowest BCUT2D eigenvalue weighted by Crippen LogP contribution is -2.25. The Hall–Kier alpha value is -0.880. The molecule has 0 aliphatic rings. The number of aromatic nitrogens is 2. The molecule has 96 valence electrons. The van der Waals surface area contributed by atoms with Crippen LogP contribution in [0.3, 0.4) is 0 Å². The summed E-state index contributed by atoms with van der Waals surface area (Å²) in [5.41, 5.74) is 0.612. The van der Waals surface area contributed by atoms with Gasteiger partial charge in [-0.25, -0.2) is 4.68 Å². The smallest absolute Gasteiger partial charge is 0.283 e. The predicted octanol–water partition coefficient (Wildman–Crippen LogP) is 1.86. The second-order valence-electron chi connectivity index (χ2n) is 3.67. The van der Waals surface area contributed by atoms with Gasteiger partial charge in [0.15, 0.2) is 0 Å². The fourth-order valence-electron chi connectivity index (χ4n) is 1.34. The maximum absolute atomic E-state index is 11.9. The zero-order valence-electron chi connectivity index (χ0n) is 10.2. The highest BCUT2D eigenvalue weighted by Gasteiger charge is 2.07. The van der Waals surface area contributed by atoms with Gasteiger partial charge in [0, 0.05) is 20.2 Å². The van der Waals surface area contributed by atoms with Crippen molar-refractivity contribution in [3.05, 3.63) is 21.0 Å². The third-order valence-corrected chi connectivity index (χ3v) is 3.10. The fraction of sp³-hybridized carbons (Fsp3) is 0.636. The van der Waals surface area contributed by atoms with Gasteiger partial charge in [0.05, 0.1) is 18.5 Å². The normalized spacial score (nSPS) is 10.5. The molecule has 0 aliphatic heterocycles. The van der Waals surface area contributed by atoms with E-state index in [9.17, 15) is 4.79 Å². The van der Waals surface area contributed by atoms with Gasteiger partial charge in [-0.15, -0.1) is 0 Å². The van der Waals surface area contributed by atoms with Gasteiger partial charge in [-0.2, -0.15) is 5.10 Å². The minimum atomic E-state index is -0.0964. The SMILES string of the molecule is CCCCn1ncc(NCCOC)c(Br)c1=O. The number of halogens is 1. The van der Waals surface area contributed by atoms with Crippen molar-refractivity contribution in [2.45, 2.75) is 26.3 Å². The van der Waals surface area contributed by atoms with Crippen molar-refractivity contribution in [2.24, 2.45) is 0 Å². The molecule has 1 aromatic rings. The predicted molar refractivity (Wildman–Crippen MR) is 71.5 cm³/mol. The number of aryl methyl sites for hydroxylation is 1. The number of unbranched alkanes of at least 4 members (excludes halogenated alkanes) is 1. The molecule has 1 N–H and O–H groups in total. The molecule has 5 nitrogen and oxygen atoms in total. The van der Waals surface area contributed by atoms with Gasteiger partial charge in [0.2, 0.25) is 0 Å². The van der Waals surface area contributed by atoms with Crippen molar-refractivity contribution < 1.29 is 4.74 Å². The van der Waals surface area contributed by atoms with Crippen molar-refractivity contribution in [3.8, 4) is 0 Å². The van der Waals surface area contributed by atoms with E-state index in [0.29, 0.717) is 29.9 Å². The van der Waals surface area contributed by atoms with Crippen LogP contribution in [0.1, 0.15) is 19.8 Å². The maximum atomic E-state index is 11.9. The van der Waals surface area contributed by atoms with Gasteiger partial charge in [-0.05, 0) is 22.4 Å². The topological polar surface area (TPSA) is 56.1 Å². The lowest BCUT2D eigenvalue weighted by atomic mass is 10.3. The first-order valence-corrected chi connectivity index (χ1v) is 6.48. The molecular weight excluding hydrogens is 286 g/mol. The van der Waals surface area contributed by atoms with Crippen LogP contribution in [-0.4, -0.2) is 30.0 Å². The summed E-state index contributed by atoms with van der Waals surface area (Å²) in [6, 6.07) is 0. The summed E-state index contributed by atoms with van der Waals surface area (Å²) in [5.74, 6) is 0. The van der Waals surface area contributed by atoms with Gasteiger partial charge < -0.3 is 10.1 Å². The molecule has 17 heavy (non-hydrogen) atoms. The second kappa shape index (κ2) is 7.45. The van der Waals surface area contributed by atoms with Crippen LogP contribution in [0.5, 0.6) is 0 Å². The zero-order chi connectivity index (χ0) is 12.7. The van der Waals surface area contributed by atoms with Gasteiger partial charge >= 0.3 is 0 Å². The van der Waals surface area contributed by atoms with Crippen molar-refractivity contribution in [1.82, 2.24) is 9.78 Å². The Morgan fingerprint density at radius 2 is 2.35 bits per heavy atom. The lowest BCUT2D eigenvalue weighted by Gasteiger charge is -2.09. The molecule has 0 spiro atoms. The summed E-state index contributed by atoms with van der Waals surface area (Å²) in [6.07, 6.45) is 3.66. The van der Waals surface area contributed by atoms with E-state index in [0.717, 1.165) is 12.8 Å². The standard InChI is InChI=1S/C11H18BrN3O2/c1-3-4-6-15-11(16)10(12)9(8-14-15)13-5-7-17-2/h8,13H,3-7H2,1-2H3. The molecule has 0 fully saturated rings. The highest BCUT2D eigenvalue weighted by molar-refractivity contribution is 9.10. The highest BCUT2D eigenvalue weighted by atomic mass is 79.9. The summed E-state index contributed by atoms with van der Waals surface area (Å²) < 4.78 is 6.94. The molecule has 6 heteroatoms. The molecule has 1 heterocycles. The summed E-state index contributed by atoms with van der Waals surface area (Å²) in [4.78, 5) is 11.9. The Morgan fingerprint density at radius 1 is 1.59 bits per heavy atom. The van der Waals surface area contributed by atoms with E-state index in [1.54, 1.807) is 13.3 Å². The Labute approximate surface area is 109 Å². The van der Waals surface area contributed by atoms with Crippen molar-refractivity contribution in [1.29, 1.82) is 0 Å². The molecule has 1 rings (SSSR count). The van der Waals surface area contributed by atoms with E-state index in [-0.39, 0.29) is 5.56 Å². The molecule has 0 bridgehead atoms. The number of ether oxygens (including phenoxy) is 1. The number of hydrogen-bond donors (Lipinski definition) is 1. The van der Waals surface area contributed by atoms with Crippen LogP contribution in [0.15, 0.2) is 15.5 Å². The summed E-state index contributed by atoms with van der Waals surface area (Å²) in [5, 5.41) is 7.22. The van der Waals surface area contributed by atoms with Crippen LogP contribution in [0, 0.1) is 0 Å². The van der Waals surface area contributed by atoms with Crippen LogP contribution in [0.25, 0.3) is 0 Å². The van der Waals surface area contributed by atoms with Crippen molar-refractivity contribution in [3.63, 3.8) is 0 Å². The molecule has 0 unspecified atom stereocenters. The molecule has 0 aliphatic carbocycles. The van der Waals surface area contributed by atoms with E-state index >= 15 is 0 Å². The molecule has 0 atom stereocenters. The minimum Gasteiger partial charge on any atom is -0.383 e. The Kier molecular flexibility index (Phi) is 6.21. The Balaban J connectivity index is 2.76. The average molecular weight is 304 g/mol. The lowest BCUT2D eigenvalue weighted by molar-refractivity contribution is 0.210. The minimum absolute atomic E-state index is 0.0964. The molecule has 0 radical (unpaired) electrons. The van der Waals surface area contributed by atoms with Crippen LogP contribution in [-0.2, 0) is 11.3 Å². The Bertz CT molecular complexity index is 406. The highest BCUT2D eigenvalue weighted by Crippen LogP contribution is 2.15. The summed E-state index contributed by atoms with van der Waals surface area (Å²) in [7, 11) is 1.64. The van der Waals surface area contributed by atoms with Crippen molar-refractivity contribution in [2.75, 3.05) is 25.6 Å². The van der Waals surface area contributed by atoms with Crippen molar-refractivity contribution >= 4 is 21.6 Å². The number of nitrogens with zero attached hydrogens (tertiary/aromatic N) is 2. The molecular formula is C11H18BrN3O2. The quantitative estimate of drug-likeness (QED) is 0.781. The number of anilines is 1. The van der Waals surface area contributed by atoms with Crippen LogP contribution >= 0.6 is 15.9 Å². The Morgan fingerprint density at radius 3 is 3.00 bits per heavy atom. The van der Waals surface area contributed by atoms with Crippen LogP contribution in [0.4, 0.5) is 5.69 Å². The van der Waals surface area contributed by atoms with Gasteiger partial charge in [-0.1, -0.05) is 13.3 Å². The fourth-order valence-corrected chi connectivity index (χ4v) is 1.79. The van der Waals surface area contributed by atoms with E-state index < -0.39 is 0 Å². The number of nitrogens with one attached hydrogen (secondary N) is 1. The van der Waals surface area contributed by atoms with E-state index in [1.165, 1.54) is 4.68 Å². The first-order valence-electron chi connectivity index (χ1n) is 5.69. The molecule has 1 aromatic heterocycles. The summed E-state index contributed by atoms with van der Waals surface area (Å²) in [6.45, 7) is 3.98. The monoisotopic (exact) mass is 303 g/mol. The third kappa shape index (κ3) is 4.12. The molecule has 0 saturated carbocycles. The average Bonchev–Trinajstić information content (AvgIpc) is 2.34. The largest absolute Gasteiger partial charge is 0.383 e. The molecule has 0 aromatic carbocycles. The summed E-state index contributed by atoms with van der Waals surface area (Å²) >= 11 is 3.30. The van der Waals surface area contributed by atoms with E-state index in [1.807, 2.05) is 0 Å². The number of methoxy groups -OCH3 is 1. The zero-order valence-corrected chi connectivity index (χ0v) is 11.8. The number of hydrogen-bond acceptors (Lipinski definition) is 4. The first kappa shape index (κ1) is 14.2. The third-order valence-electron chi connectivity index (χ3n) is 2.33. The van der Waals surface area contributed by atoms with Gasteiger partial charge in [-0.3, -0.25) is 4.79 Å². The second-order valence-corrected chi connectivity index (χ2v) is 4.47. The van der Waals surface area contributed by atoms with E-state index in [4.69, 9.17) is 4.74 Å². The van der Waals surface area contributed by atoms with Crippen LogP contribution < -0.4 is 10.9 Å². The molecule has 0 saturated heterocycles. The van der Waals surface area contributed by atoms with Gasteiger partial charge in [0.1, 0.15) is 4.47 Å². The van der Waals surface area contributed by atoms with Crippen LogP contribution in [0.2, 0.25) is 0 Å².